The van der Waals surface area contributed by atoms with E-state index in [-0.39, 0.29) is 23.5 Å². The maximum Gasteiger partial charge on any atom is 0.170 e. The lowest BCUT2D eigenvalue weighted by Crippen LogP contribution is -2.43. The smallest absolute Gasteiger partial charge is 0.170 e. The number of hydrogen-bond donors (Lipinski definition) is 1. The zero-order chi connectivity index (χ0) is 15.5. The fourth-order valence-electron chi connectivity index (χ4n) is 2.59. The minimum absolute atomic E-state index is 0.0315. The van der Waals surface area contributed by atoms with Gasteiger partial charge in [0, 0.05) is 26.1 Å². The first-order chi connectivity index (χ1) is 9.93. The quantitative estimate of drug-likeness (QED) is 0.847. The molecule has 1 heterocycles. The molecule has 1 saturated heterocycles. The molecule has 0 amide bonds. The normalized spacial score (nSPS) is 18.5. The molecule has 1 fully saturated rings. The third-order valence-corrected chi connectivity index (χ3v) is 4.06. The Kier molecular flexibility index (Phi) is 4.96. The van der Waals surface area contributed by atoms with E-state index in [1.165, 1.54) is 19.2 Å². The van der Waals surface area contributed by atoms with Crippen LogP contribution in [-0.4, -0.2) is 48.1 Å². The van der Waals surface area contributed by atoms with Gasteiger partial charge < -0.3 is 14.7 Å². The second-order valence-corrected chi connectivity index (χ2v) is 5.83. The van der Waals surface area contributed by atoms with Gasteiger partial charge in [-0.05, 0) is 31.9 Å². The molecular formula is C16H22FNO3. The van der Waals surface area contributed by atoms with Crippen LogP contribution >= 0.6 is 0 Å². The molecule has 0 radical (unpaired) electrons. The highest BCUT2D eigenvalue weighted by Gasteiger charge is 2.27. The van der Waals surface area contributed by atoms with Gasteiger partial charge in [-0.15, -0.1) is 0 Å². The fourth-order valence-corrected chi connectivity index (χ4v) is 2.59. The van der Waals surface area contributed by atoms with Crippen LogP contribution in [0.3, 0.4) is 0 Å². The summed E-state index contributed by atoms with van der Waals surface area (Å²) in [5.41, 5.74) is -0.570. The molecule has 1 aromatic carbocycles. The van der Waals surface area contributed by atoms with Crippen LogP contribution in [0, 0.1) is 5.82 Å². The largest absolute Gasteiger partial charge is 0.496 e. The van der Waals surface area contributed by atoms with Crippen molar-refractivity contribution in [3.8, 4) is 5.75 Å². The van der Waals surface area contributed by atoms with Crippen LogP contribution in [-0.2, 0) is 0 Å². The van der Waals surface area contributed by atoms with Crippen LogP contribution in [0.15, 0.2) is 18.2 Å². The third kappa shape index (κ3) is 4.02. The Morgan fingerprint density at radius 3 is 2.71 bits per heavy atom. The van der Waals surface area contributed by atoms with Crippen LogP contribution < -0.4 is 4.74 Å². The Bertz CT molecular complexity index is 506. The zero-order valence-electron chi connectivity index (χ0n) is 12.6. The summed E-state index contributed by atoms with van der Waals surface area (Å²) >= 11 is 0. The second-order valence-electron chi connectivity index (χ2n) is 5.83. The maximum absolute atomic E-state index is 13.8. The van der Waals surface area contributed by atoms with E-state index in [0.717, 1.165) is 13.1 Å². The van der Waals surface area contributed by atoms with Crippen LogP contribution in [0.5, 0.6) is 5.75 Å². The predicted octanol–water partition coefficient (Wildman–Crippen LogP) is 2.25. The lowest BCUT2D eigenvalue weighted by Gasteiger charge is -2.35. The Hall–Kier alpha value is -1.46. The number of Topliss-reactive ketones (excluding diaryl/α,β-unsaturated/α-hetero) is 1. The summed E-state index contributed by atoms with van der Waals surface area (Å²) in [5.74, 6) is -0.509. The standard InChI is InChI=1S/C16H22FNO3/c1-16(20)7-10-18(11-8-16)9-6-13(19)15-12(17)4-3-5-14(15)21-2/h3-5,20H,6-11H2,1-2H3. The van der Waals surface area contributed by atoms with Gasteiger partial charge >= 0.3 is 0 Å². The molecule has 1 aliphatic rings. The molecule has 4 nitrogen and oxygen atoms in total. The van der Waals surface area contributed by atoms with E-state index in [2.05, 4.69) is 4.90 Å². The number of methoxy groups -OCH3 is 1. The highest BCUT2D eigenvalue weighted by atomic mass is 19.1. The molecule has 0 saturated carbocycles. The van der Waals surface area contributed by atoms with Crippen molar-refractivity contribution < 1.29 is 19.0 Å². The summed E-state index contributed by atoms with van der Waals surface area (Å²) in [6.07, 6.45) is 1.65. The van der Waals surface area contributed by atoms with E-state index in [0.29, 0.717) is 19.4 Å². The fraction of sp³-hybridized carbons (Fsp3) is 0.562. The van der Waals surface area contributed by atoms with Gasteiger partial charge in [0.25, 0.3) is 0 Å². The van der Waals surface area contributed by atoms with Crippen molar-refractivity contribution in [2.24, 2.45) is 0 Å². The van der Waals surface area contributed by atoms with Crippen LogP contribution in [0.1, 0.15) is 36.5 Å². The molecule has 116 valence electrons. The number of benzene rings is 1. The van der Waals surface area contributed by atoms with Gasteiger partial charge in [0.15, 0.2) is 5.78 Å². The van der Waals surface area contributed by atoms with Crippen molar-refractivity contribution in [1.82, 2.24) is 4.90 Å². The number of carbonyl (C=O) groups is 1. The van der Waals surface area contributed by atoms with Crippen LogP contribution in [0.4, 0.5) is 4.39 Å². The van der Waals surface area contributed by atoms with Gasteiger partial charge in [-0.1, -0.05) is 6.07 Å². The summed E-state index contributed by atoms with van der Waals surface area (Å²) in [4.78, 5) is 14.3. The van der Waals surface area contributed by atoms with Gasteiger partial charge in [-0.3, -0.25) is 4.79 Å². The number of hydrogen-bond acceptors (Lipinski definition) is 4. The average molecular weight is 295 g/mol. The summed E-state index contributed by atoms with van der Waals surface area (Å²) in [6.45, 7) is 3.93. The molecule has 0 aliphatic carbocycles. The van der Waals surface area contributed by atoms with Crippen molar-refractivity contribution in [3.05, 3.63) is 29.6 Å². The Labute approximate surface area is 124 Å². The van der Waals surface area contributed by atoms with E-state index in [1.54, 1.807) is 6.07 Å². The molecule has 0 aromatic heterocycles. The first kappa shape index (κ1) is 15.9. The number of ketones is 1. The van der Waals surface area contributed by atoms with E-state index in [1.807, 2.05) is 6.92 Å². The summed E-state index contributed by atoms with van der Waals surface area (Å²) in [6, 6.07) is 4.39. The monoisotopic (exact) mass is 295 g/mol. The Balaban J connectivity index is 1.94. The van der Waals surface area contributed by atoms with E-state index < -0.39 is 11.4 Å². The molecule has 1 aromatic rings. The van der Waals surface area contributed by atoms with Crippen LogP contribution in [0.25, 0.3) is 0 Å². The highest BCUT2D eigenvalue weighted by Crippen LogP contribution is 2.24. The van der Waals surface area contributed by atoms with E-state index in [9.17, 15) is 14.3 Å². The second kappa shape index (κ2) is 6.54. The third-order valence-electron chi connectivity index (χ3n) is 4.06. The number of piperidine rings is 1. The van der Waals surface area contributed by atoms with Gasteiger partial charge in [0.05, 0.1) is 18.3 Å². The molecule has 0 bridgehead atoms. The number of halogens is 1. The summed E-state index contributed by atoms with van der Waals surface area (Å²) < 4.78 is 18.9. The summed E-state index contributed by atoms with van der Waals surface area (Å²) in [5, 5.41) is 9.89. The SMILES string of the molecule is COc1cccc(F)c1C(=O)CCN1CCC(C)(O)CC1. The maximum atomic E-state index is 13.8. The van der Waals surface area contributed by atoms with E-state index in [4.69, 9.17) is 4.74 Å². The van der Waals surface area contributed by atoms with Crippen molar-refractivity contribution in [2.45, 2.75) is 31.8 Å². The number of nitrogens with zero attached hydrogens (tertiary/aromatic N) is 1. The van der Waals surface area contributed by atoms with Crippen LogP contribution in [0.2, 0.25) is 0 Å². The Morgan fingerprint density at radius 1 is 1.43 bits per heavy atom. The average Bonchev–Trinajstić information content (AvgIpc) is 2.45. The highest BCUT2D eigenvalue weighted by molar-refractivity contribution is 5.99. The molecule has 1 N–H and O–H groups in total. The first-order valence-electron chi connectivity index (χ1n) is 7.23. The molecule has 5 heteroatoms. The molecule has 2 rings (SSSR count). The lowest BCUT2D eigenvalue weighted by molar-refractivity contribution is -0.00506. The summed E-state index contributed by atoms with van der Waals surface area (Å²) in [7, 11) is 1.43. The lowest BCUT2D eigenvalue weighted by atomic mass is 9.93. The first-order valence-corrected chi connectivity index (χ1v) is 7.23. The topological polar surface area (TPSA) is 49.8 Å². The number of likely N-dealkylation sites (tertiary alicyclic amines) is 1. The molecule has 0 spiro atoms. The number of ether oxygens (including phenoxy) is 1. The number of aliphatic hydroxyl groups is 1. The molecule has 0 atom stereocenters. The van der Waals surface area contributed by atoms with Gasteiger partial charge in [-0.2, -0.15) is 0 Å². The van der Waals surface area contributed by atoms with Crippen molar-refractivity contribution in [2.75, 3.05) is 26.7 Å². The minimum atomic E-state index is -0.602. The Morgan fingerprint density at radius 2 is 2.10 bits per heavy atom. The molecule has 1 aliphatic heterocycles. The van der Waals surface area contributed by atoms with Gasteiger partial charge in [0.1, 0.15) is 11.6 Å². The van der Waals surface area contributed by atoms with Crippen molar-refractivity contribution in [3.63, 3.8) is 0 Å². The van der Waals surface area contributed by atoms with Crippen molar-refractivity contribution in [1.29, 1.82) is 0 Å². The molecular weight excluding hydrogens is 273 g/mol. The van der Waals surface area contributed by atoms with Crippen molar-refractivity contribution >= 4 is 5.78 Å². The molecule has 0 unspecified atom stereocenters. The van der Waals surface area contributed by atoms with Gasteiger partial charge in [0.2, 0.25) is 0 Å². The minimum Gasteiger partial charge on any atom is -0.496 e. The zero-order valence-corrected chi connectivity index (χ0v) is 12.6. The predicted molar refractivity (Wildman–Crippen MR) is 78.2 cm³/mol. The van der Waals surface area contributed by atoms with Gasteiger partial charge in [-0.25, -0.2) is 4.39 Å². The molecule has 21 heavy (non-hydrogen) atoms. The number of rotatable bonds is 5. The number of carbonyl (C=O) groups excluding carboxylic acids is 1. The van der Waals surface area contributed by atoms with E-state index >= 15 is 0 Å².